The van der Waals surface area contributed by atoms with Crippen molar-refractivity contribution >= 4 is 66.3 Å². The molecule has 0 aliphatic heterocycles. The van der Waals surface area contributed by atoms with E-state index in [2.05, 4.69) is 141 Å². The Labute approximate surface area is 261 Å². The highest BCUT2D eigenvalue weighted by Gasteiger charge is 2.31. The van der Waals surface area contributed by atoms with Gasteiger partial charge in [-0.05, 0) is 74.9 Å². The number of nitrogens with zero attached hydrogens (tertiary/aromatic N) is 3. The minimum atomic E-state index is 1.06. The Hall–Kier alpha value is -5.28. The van der Waals surface area contributed by atoms with E-state index in [1.54, 1.807) is 0 Å². The molecule has 0 radical (unpaired) electrons. The monoisotopic (exact) mass is 579 g/mol. The zero-order valence-corrected chi connectivity index (χ0v) is 25.2. The summed E-state index contributed by atoms with van der Waals surface area (Å²) in [5.41, 5.74) is 13.2. The summed E-state index contributed by atoms with van der Waals surface area (Å²) in [4.78, 5) is 0. The second-order valence-corrected chi connectivity index (χ2v) is 12.6. The lowest BCUT2D eigenvalue weighted by Crippen LogP contribution is -2.07. The van der Waals surface area contributed by atoms with Crippen molar-refractivity contribution < 1.29 is 0 Å². The third-order valence-corrected chi connectivity index (χ3v) is 10.2. The summed E-state index contributed by atoms with van der Waals surface area (Å²) in [6.07, 6.45) is 14.3. The molecule has 10 rings (SSSR count). The second-order valence-electron chi connectivity index (χ2n) is 12.6. The lowest BCUT2D eigenvalue weighted by atomic mass is 9.97. The molecule has 0 bridgehead atoms. The fraction of sp³-hybridized carbons (Fsp3) is 0.143. The fourth-order valence-electron chi connectivity index (χ4n) is 8.43. The van der Waals surface area contributed by atoms with Gasteiger partial charge in [-0.3, -0.25) is 0 Å². The van der Waals surface area contributed by atoms with Crippen LogP contribution in [0.25, 0.3) is 77.7 Å². The molecule has 3 heterocycles. The predicted molar refractivity (Wildman–Crippen MR) is 191 cm³/mol. The number of rotatable bonds is 3. The summed E-state index contributed by atoms with van der Waals surface area (Å²) in [6, 6.07) is 40.0. The van der Waals surface area contributed by atoms with Crippen LogP contribution in [0.3, 0.4) is 0 Å². The molecule has 2 aliphatic rings. The molecule has 0 unspecified atom stereocenters. The van der Waals surface area contributed by atoms with Crippen molar-refractivity contribution in [1.82, 2.24) is 13.7 Å². The third kappa shape index (κ3) is 3.41. The summed E-state index contributed by atoms with van der Waals surface area (Å²) < 4.78 is 7.79. The van der Waals surface area contributed by atoms with Gasteiger partial charge >= 0.3 is 0 Å². The van der Waals surface area contributed by atoms with E-state index in [1.807, 2.05) is 0 Å². The van der Waals surface area contributed by atoms with Gasteiger partial charge in [0.1, 0.15) is 0 Å². The van der Waals surface area contributed by atoms with Crippen molar-refractivity contribution in [2.45, 2.75) is 38.5 Å². The Bertz CT molecular complexity index is 2520. The first-order chi connectivity index (χ1) is 22.4. The molecule has 3 nitrogen and oxygen atoms in total. The molecule has 0 fully saturated rings. The molecule has 0 N–H and O–H groups in total. The van der Waals surface area contributed by atoms with E-state index in [0.717, 1.165) is 25.7 Å². The second kappa shape index (κ2) is 9.61. The number of aromatic nitrogens is 3. The molecule has 216 valence electrons. The fourth-order valence-corrected chi connectivity index (χ4v) is 8.43. The SMILES string of the molecule is C1=Cc2c(n(C3=CCCCC3)c3c2c2c4ccccc4n(-c4ccccc4)c2c2c4ccccc4n(-c4ccccc4)c23)CC1. The first-order valence-electron chi connectivity index (χ1n) is 16.4. The zero-order valence-electron chi connectivity index (χ0n) is 25.2. The summed E-state index contributed by atoms with van der Waals surface area (Å²) in [5, 5.41) is 6.69. The highest BCUT2D eigenvalue weighted by molar-refractivity contribution is 6.37. The lowest BCUT2D eigenvalue weighted by Gasteiger charge is -2.20. The summed E-state index contributed by atoms with van der Waals surface area (Å²) in [7, 11) is 0. The van der Waals surface area contributed by atoms with Gasteiger partial charge in [0, 0.05) is 55.3 Å². The number of para-hydroxylation sites is 4. The summed E-state index contributed by atoms with van der Waals surface area (Å²) in [6.45, 7) is 0. The molecule has 0 saturated heterocycles. The normalized spacial score (nSPS) is 15.1. The van der Waals surface area contributed by atoms with Crippen molar-refractivity contribution in [2.75, 3.05) is 0 Å². The first kappa shape index (κ1) is 25.1. The minimum absolute atomic E-state index is 1.06. The van der Waals surface area contributed by atoms with E-state index >= 15 is 0 Å². The van der Waals surface area contributed by atoms with E-state index in [4.69, 9.17) is 0 Å². The topological polar surface area (TPSA) is 14.8 Å². The van der Waals surface area contributed by atoms with Gasteiger partial charge in [-0.25, -0.2) is 0 Å². The van der Waals surface area contributed by atoms with Crippen LogP contribution in [0, 0.1) is 0 Å². The maximum Gasteiger partial charge on any atom is 0.0810 e. The maximum atomic E-state index is 2.71. The van der Waals surface area contributed by atoms with Gasteiger partial charge in [0.15, 0.2) is 0 Å². The Morgan fingerprint density at radius 1 is 0.467 bits per heavy atom. The predicted octanol–water partition coefficient (Wildman–Crippen LogP) is 11.2. The van der Waals surface area contributed by atoms with Gasteiger partial charge < -0.3 is 13.7 Å². The minimum Gasteiger partial charge on any atom is -0.315 e. The molecule has 0 amide bonds. The smallest absolute Gasteiger partial charge is 0.0810 e. The molecular weight excluding hydrogens is 546 g/mol. The Balaban J connectivity index is 1.59. The maximum absolute atomic E-state index is 2.71. The molecule has 0 saturated carbocycles. The van der Waals surface area contributed by atoms with E-state index < -0.39 is 0 Å². The van der Waals surface area contributed by atoms with Crippen LogP contribution in [0.2, 0.25) is 0 Å². The molecule has 3 heteroatoms. The number of allylic oxidation sites excluding steroid dienone is 3. The van der Waals surface area contributed by atoms with Gasteiger partial charge in [0.25, 0.3) is 0 Å². The summed E-state index contributed by atoms with van der Waals surface area (Å²) >= 11 is 0. The van der Waals surface area contributed by atoms with Crippen LogP contribution in [0.15, 0.2) is 121 Å². The van der Waals surface area contributed by atoms with Gasteiger partial charge in [0.05, 0.1) is 27.6 Å². The van der Waals surface area contributed by atoms with Crippen LogP contribution in [0.4, 0.5) is 0 Å². The standard InChI is InChI=1S/C42H33N3/c1-4-16-28(17-5-1)43-34-25-13-10-22-31(34)37-38-32-23-11-14-26-35(32)44(29-18-6-2-7-19-29)41(38)42-39(40(37)43)33-24-12-15-27-36(33)45(42)30-20-8-3-9-21-30/h1,3-5,8-13,15-18,20-25,27H,2,6-7,14,19,26H2. The van der Waals surface area contributed by atoms with Crippen LogP contribution >= 0.6 is 0 Å². The first-order valence-corrected chi connectivity index (χ1v) is 16.4. The molecule has 8 aromatic rings. The van der Waals surface area contributed by atoms with E-state index in [-0.39, 0.29) is 0 Å². The largest absolute Gasteiger partial charge is 0.315 e. The number of benzene rings is 5. The van der Waals surface area contributed by atoms with Crippen LogP contribution in [-0.4, -0.2) is 13.7 Å². The van der Waals surface area contributed by atoms with Crippen molar-refractivity contribution in [3.8, 4) is 11.4 Å². The number of fused-ring (bicyclic) bond motifs is 12. The van der Waals surface area contributed by atoms with Crippen LogP contribution in [-0.2, 0) is 6.42 Å². The average Bonchev–Trinajstić information content (AvgIpc) is 3.75. The van der Waals surface area contributed by atoms with Gasteiger partial charge in [-0.2, -0.15) is 0 Å². The molecule has 5 aromatic carbocycles. The molecule has 2 aliphatic carbocycles. The van der Waals surface area contributed by atoms with Crippen molar-refractivity contribution in [3.05, 3.63) is 133 Å². The van der Waals surface area contributed by atoms with Gasteiger partial charge in [-0.15, -0.1) is 0 Å². The van der Waals surface area contributed by atoms with E-state index in [1.165, 1.54) is 95.7 Å². The molecule has 3 aromatic heterocycles. The van der Waals surface area contributed by atoms with Crippen LogP contribution < -0.4 is 0 Å². The Morgan fingerprint density at radius 3 is 1.73 bits per heavy atom. The third-order valence-electron chi connectivity index (χ3n) is 10.2. The van der Waals surface area contributed by atoms with Crippen molar-refractivity contribution in [1.29, 1.82) is 0 Å². The van der Waals surface area contributed by atoms with E-state index in [9.17, 15) is 0 Å². The average molecular weight is 580 g/mol. The number of hydrogen-bond acceptors (Lipinski definition) is 0. The lowest BCUT2D eigenvalue weighted by molar-refractivity contribution is 0.713. The molecule has 45 heavy (non-hydrogen) atoms. The number of hydrogen-bond donors (Lipinski definition) is 0. The van der Waals surface area contributed by atoms with Gasteiger partial charge in [0.2, 0.25) is 0 Å². The van der Waals surface area contributed by atoms with Crippen LogP contribution in [0.5, 0.6) is 0 Å². The van der Waals surface area contributed by atoms with E-state index in [0.29, 0.717) is 0 Å². The molecule has 0 atom stereocenters. The Morgan fingerprint density at radius 2 is 1.07 bits per heavy atom. The molecular formula is C42H33N3. The van der Waals surface area contributed by atoms with Crippen molar-refractivity contribution in [3.63, 3.8) is 0 Å². The highest BCUT2D eigenvalue weighted by Crippen LogP contribution is 2.50. The summed E-state index contributed by atoms with van der Waals surface area (Å²) in [5.74, 6) is 0. The highest BCUT2D eigenvalue weighted by atomic mass is 15.1. The quantitative estimate of drug-likeness (QED) is 0.198. The zero-order chi connectivity index (χ0) is 29.5. The Kier molecular flexibility index (Phi) is 5.36. The molecule has 0 spiro atoms. The van der Waals surface area contributed by atoms with Crippen LogP contribution in [0.1, 0.15) is 43.4 Å². The van der Waals surface area contributed by atoms with Crippen molar-refractivity contribution in [2.24, 2.45) is 0 Å². The van der Waals surface area contributed by atoms with Gasteiger partial charge in [-0.1, -0.05) is 91.0 Å².